The van der Waals surface area contributed by atoms with Crippen LogP contribution in [0.1, 0.15) is 32.1 Å². The highest BCUT2D eigenvalue weighted by Crippen LogP contribution is 2.23. The maximum Gasteiger partial charge on any atom is 0.286 e. The Kier molecular flexibility index (Phi) is 5.41. The summed E-state index contributed by atoms with van der Waals surface area (Å²) in [6.45, 7) is -0.00607. The molecule has 2 heterocycles. The summed E-state index contributed by atoms with van der Waals surface area (Å²) in [4.78, 5) is 27.0. The van der Waals surface area contributed by atoms with Crippen molar-refractivity contribution in [1.82, 2.24) is 14.7 Å². The van der Waals surface area contributed by atoms with Crippen molar-refractivity contribution in [2.45, 2.75) is 38.1 Å². The number of imidazole rings is 1. The molecule has 1 fully saturated rings. The minimum Gasteiger partial charge on any atom is -0.484 e. The molecule has 2 aromatic heterocycles. The molecule has 29 heavy (non-hydrogen) atoms. The van der Waals surface area contributed by atoms with Crippen LogP contribution in [0.2, 0.25) is 0 Å². The zero-order chi connectivity index (χ0) is 20.2. The van der Waals surface area contributed by atoms with Crippen LogP contribution in [0.15, 0.2) is 48.8 Å². The third-order valence-electron chi connectivity index (χ3n) is 5.14. The van der Waals surface area contributed by atoms with Crippen LogP contribution in [0.25, 0.3) is 16.9 Å². The summed E-state index contributed by atoms with van der Waals surface area (Å²) in [6.07, 6.45) is 8.86. The number of carbonyl (C=O) groups excluding carboxylic acids is 1. The first-order chi connectivity index (χ1) is 14.1. The van der Waals surface area contributed by atoms with Crippen LogP contribution >= 0.6 is 0 Å². The van der Waals surface area contributed by atoms with Gasteiger partial charge in [-0.15, -0.1) is 0 Å². The number of nitrogens with zero attached hydrogens (tertiary/aromatic N) is 3. The van der Waals surface area contributed by atoms with E-state index < -0.39 is 4.92 Å². The van der Waals surface area contributed by atoms with Crippen LogP contribution < -0.4 is 10.1 Å². The van der Waals surface area contributed by atoms with E-state index in [1.54, 1.807) is 28.8 Å². The Bertz CT molecular complexity index is 1020. The number of nitrogens with one attached hydrogen (secondary N) is 1. The minimum atomic E-state index is -0.435. The second-order valence-corrected chi connectivity index (χ2v) is 7.25. The van der Waals surface area contributed by atoms with E-state index in [-0.39, 0.29) is 24.2 Å². The van der Waals surface area contributed by atoms with Crippen LogP contribution in [0, 0.1) is 10.1 Å². The molecule has 1 saturated carbocycles. The molecule has 1 aliphatic carbocycles. The second kappa shape index (κ2) is 8.30. The van der Waals surface area contributed by atoms with E-state index >= 15 is 0 Å². The van der Waals surface area contributed by atoms with Crippen molar-refractivity contribution in [2.75, 3.05) is 6.61 Å². The lowest BCUT2D eigenvalue weighted by molar-refractivity contribution is -0.385. The van der Waals surface area contributed by atoms with Gasteiger partial charge in [-0.05, 0) is 43.2 Å². The monoisotopic (exact) mass is 394 g/mol. The van der Waals surface area contributed by atoms with Crippen molar-refractivity contribution >= 4 is 17.2 Å². The lowest BCUT2D eigenvalue weighted by atomic mass is 9.95. The number of hydrogen-bond donors (Lipinski definition) is 1. The first-order valence-electron chi connectivity index (χ1n) is 9.74. The Hall–Kier alpha value is -3.42. The molecule has 0 saturated heterocycles. The first kappa shape index (κ1) is 18.9. The van der Waals surface area contributed by atoms with Gasteiger partial charge in [0.15, 0.2) is 6.61 Å². The van der Waals surface area contributed by atoms with Crippen LogP contribution in [0.3, 0.4) is 0 Å². The number of aromatic nitrogens is 2. The molecule has 8 heteroatoms. The fourth-order valence-electron chi connectivity index (χ4n) is 3.61. The van der Waals surface area contributed by atoms with E-state index in [2.05, 4.69) is 10.3 Å². The van der Waals surface area contributed by atoms with Crippen molar-refractivity contribution in [3.63, 3.8) is 0 Å². The Labute approximate surface area is 167 Å². The topological polar surface area (TPSA) is 98.8 Å². The quantitative estimate of drug-likeness (QED) is 0.507. The summed E-state index contributed by atoms with van der Waals surface area (Å²) in [7, 11) is 0. The molecule has 150 valence electrons. The third kappa shape index (κ3) is 4.53. The molecule has 0 aliphatic heterocycles. The highest BCUT2D eigenvalue weighted by Gasteiger charge is 2.16. The van der Waals surface area contributed by atoms with Crippen molar-refractivity contribution in [1.29, 1.82) is 0 Å². The number of nitro groups is 1. The molecule has 1 amide bonds. The summed E-state index contributed by atoms with van der Waals surface area (Å²) in [5, 5.41) is 13.9. The van der Waals surface area contributed by atoms with Gasteiger partial charge in [-0.2, -0.15) is 0 Å². The van der Waals surface area contributed by atoms with E-state index in [9.17, 15) is 14.9 Å². The zero-order valence-electron chi connectivity index (χ0n) is 15.9. The predicted molar refractivity (Wildman–Crippen MR) is 108 cm³/mol. The largest absolute Gasteiger partial charge is 0.484 e. The van der Waals surface area contributed by atoms with E-state index in [4.69, 9.17) is 4.74 Å². The van der Waals surface area contributed by atoms with E-state index in [0.29, 0.717) is 17.1 Å². The fourth-order valence-corrected chi connectivity index (χ4v) is 3.61. The average molecular weight is 394 g/mol. The maximum absolute atomic E-state index is 12.1. The molecule has 0 atom stereocenters. The highest BCUT2D eigenvalue weighted by molar-refractivity contribution is 5.77. The summed E-state index contributed by atoms with van der Waals surface area (Å²) in [5.74, 6) is 0.509. The van der Waals surface area contributed by atoms with Gasteiger partial charge in [0.05, 0.1) is 16.8 Å². The Morgan fingerprint density at radius 1 is 1.14 bits per heavy atom. The second-order valence-electron chi connectivity index (χ2n) is 7.25. The number of benzene rings is 1. The average Bonchev–Trinajstić information content (AvgIpc) is 3.17. The van der Waals surface area contributed by atoms with Crippen LogP contribution in [-0.4, -0.2) is 32.9 Å². The Balaban J connectivity index is 1.38. The Morgan fingerprint density at radius 2 is 1.90 bits per heavy atom. The summed E-state index contributed by atoms with van der Waals surface area (Å²) in [6, 6.07) is 10.6. The highest BCUT2D eigenvalue weighted by atomic mass is 16.6. The lowest BCUT2D eigenvalue weighted by Crippen LogP contribution is -2.38. The van der Waals surface area contributed by atoms with Gasteiger partial charge < -0.3 is 10.1 Å². The molecule has 1 aromatic carbocycles. The molecular formula is C21H22N4O4. The molecular weight excluding hydrogens is 372 g/mol. The molecule has 0 spiro atoms. The number of carbonyl (C=O) groups is 1. The van der Waals surface area contributed by atoms with Gasteiger partial charge >= 0.3 is 0 Å². The van der Waals surface area contributed by atoms with Crippen LogP contribution in [0.5, 0.6) is 5.75 Å². The molecule has 8 nitrogen and oxygen atoms in total. The molecule has 0 bridgehead atoms. The van der Waals surface area contributed by atoms with Gasteiger partial charge in [-0.25, -0.2) is 4.98 Å². The number of amides is 1. The Morgan fingerprint density at radius 3 is 2.62 bits per heavy atom. The van der Waals surface area contributed by atoms with Gasteiger partial charge in [-0.3, -0.25) is 19.3 Å². The smallest absolute Gasteiger partial charge is 0.286 e. The van der Waals surface area contributed by atoms with Crippen molar-refractivity contribution < 1.29 is 14.5 Å². The predicted octanol–water partition coefficient (Wildman–Crippen LogP) is 3.74. The normalized spacial score (nSPS) is 14.6. The number of fused-ring (bicyclic) bond motifs is 1. The molecule has 4 rings (SSSR count). The van der Waals surface area contributed by atoms with Crippen molar-refractivity contribution in [3.05, 3.63) is 58.9 Å². The van der Waals surface area contributed by atoms with Gasteiger partial charge in [0.1, 0.15) is 11.4 Å². The van der Waals surface area contributed by atoms with Crippen molar-refractivity contribution in [3.8, 4) is 17.0 Å². The number of pyridine rings is 1. The zero-order valence-corrected chi connectivity index (χ0v) is 15.9. The molecule has 0 radical (unpaired) electrons. The summed E-state index contributed by atoms with van der Waals surface area (Å²) in [5.41, 5.74) is 2.20. The van der Waals surface area contributed by atoms with E-state index in [0.717, 1.165) is 18.4 Å². The standard InChI is InChI=1S/C21H22N4O4/c26-21(22-16-4-2-1-3-5-16)14-29-18-9-6-15(7-10-18)19-13-24-12-17(25(27)28)8-11-20(24)23-19/h6-13,16H,1-5,14H2,(H,22,26). The van der Waals surface area contributed by atoms with Gasteiger partial charge in [0, 0.05) is 23.9 Å². The summed E-state index contributed by atoms with van der Waals surface area (Å²) >= 11 is 0. The molecule has 1 aliphatic rings. The SMILES string of the molecule is O=C(COc1ccc(-c2cn3cc([N+](=O)[O-])ccc3n2)cc1)NC1CCCCC1. The molecule has 1 N–H and O–H groups in total. The van der Waals surface area contributed by atoms with Gasteiger partial charge in [0.2, 0.25) is 0 Å². The van der Waals surface area contributed by atoms with Gasteiger partial charge in [-0.1, -0.05) is 19.3 Å². The van der Waals surface area contributed by atoms with E-state index in [1.165, 1.54) is 31.5 Å². The molecule has 0 unspecified atom stereocenters. The van der Waals surface area contributed by atoms with Crippen molar-refractivity contribution in [2.24, 2.45) is 0 Å². The molecule has 3 aromatic rings. The number of hydrogen-bond acceptors (Lipinski definition) is 5. The maximum atomic E-state index is 12.1. The summed E-state index contributed by atoms with van der Waals surface area (Å²) < 4.78 is 7.22. The van der Waals surface area contributed by atoms with E-state index in [1.807, 2.05) is 12.1 Å². The fraction of sp³-hybridized carbons (Fsp3) is 0.333. The first-order valence-corrected chi connectivity index (χ1v) is 9.74. The lowest BCUT2D eigenvalue weighted by Gasteiger charge is -2.22. The third-order valence-corrected chi connectivity index (χ3v) is 5.14. The number of ether oxygens (including phenoxy) is 1. The minimum absolute atomic E-state index is 0.00607. The van der Waals surface area contributed by atoms with Crippen LogP contribution in [0.4, 0.5) is 5.69 Å². The van der Waals surface area contributed by atoms with Gasteiger partial charge in [0.25, 0.3) is 11.6 Å². The number of rotatable bonds is 6. The van der Waals surface area contributed by atoms with Crippen LogP contribution in [-0.2, 0) is 4.79 Å².